The fourth-order valence-electron chi connectivity index (χ4n) is 3.74. The molecule has 3 aromatic carbocycles. The molecular weight excluding hydrogens is 518 g/mol. The molecule has 0 atom stereocenters. The van der Waals surface area contributed by atoms with E-state index in [2.05, 4.69) is 10.6 Å². The minimum absolute atomic E-state index is 0.0726. The van der Waals surface area contributed by atoms with Crippen LogP contribution in [0, 0.1) is 6.92 Å². The van der Waals surface area contributed by atoms with Crippen LogP contribution in [-0.4, -0.2) is 30.1 Å². The number of carbonyl (C=O) groups is 2. The van der Waals surface area contributed by atoms with Crippen LogP contribution in [0.1, 0.15) is 36.7 Å². The summed E-state index contributed by atoms with van der Waals surface area (Å²) >= 11 is 6.74. The predicted molar refractivity (Wildman–Crippen MR) is 154 cm³/mol. The summed E-state index contributed by atoms with van der Waals surface area (Å²) in [5.41, 5.74) is 8.35. The number of benzene rings is 3. The standard InChI is InChI=1S/C29H27N3O4S2/c1-19-24(18-20-8-4-2-5-9-20)38-28(25(19)26(30)33)32-29(37)31-27(34)21-12-14-23(15-13-21)36-17-16-35-22-10-6-3-7-11-22/h2-15H,16-18H2,1H3,(H2,30,33)(H2,31,32,34,37). The van der Waals surface area contributed by atoms with Gasteiger partial charge in [-0.15, -0.1) is 11.3 Å². The van der Waals surface area contributed by atoms with Crippen molar-refractivity contribution >= 4 is 45.5 Å². The van der Waals surface area contributed by atoms with Gasteiger partial charge in [0, 0.05) is 16.9 Å². The van der Waals surface area contributed by atoms with Crippen LogP contribution in [0.5, 0.6) is 11.5 Å². The second kappa shape index (κ2) is 12.8. The van der Waals surface area contributed by atoms with Crippen LogP contribution in [0.15, 0.2) is 84.9 Å². The van der Waals surface area contributed by atoms with Crippen molar-refractivity contribution in [3.05, 3.63) is 112 Å². The third kappa shape index (κ3) is 7.18. The number of anilines is 1. The summed E-state index contributed by atoms with van der Waals surface area (Å²) in [4.78, 5) is 25.9. The van der Waals surface area contributed by atoms with E-state index in [1.807, 2.05) is 67.6 Å². The van der Waals surface area contributed by atoms with Gasteiger partial charge in [0.1, 0.15) is 29.7 Å². The Bertz CT molecular complexity index is 1410. The first-order valence-corrected chi connectivity index (χ1v) is 13.1. The number of carbonyl (C=O) groups excluding carboxylic acids is 2. The maximum atomic E-state index is 12.7. The van der Waals surface area contributed by atoms with Crippen LogP contribution in [-0.2, 0) is 6.42 Å². The van der Waals surface area contributed by atoms with Crippen LogP contribution < -0.4 is 25.8 Å². The zero-order chi connectivity index (χ0) is 26.9. The first-order chi connectivity index (χ1) is 18.4. The molecule has 0 spiro atoms. The van der Waals surface area contributed by atoms with Gasteiger partial charge >= 0.3 is 0 Å². The molecule has 0 saturated carbocycles. The lowest BCUT2D eigenvalue weighted by Crippen LogP contribution is -2.34. The molecule has 0 aliphatic carbocycles. The Kier molecular flexibility index (Phi) is 9.07. The molecule has 4 rings (SSSR count). The highest BCUT2D eigenvalue weighted by Crippen LogP contribution is 2.34. The SMILES string of the molecule is Cc1c(Cc2ccccc2)sc(NC(=S)NC(=O)c2ccc(OCCOc3ccccc3)cc2)c1C(N)=O. The van der Waals surface area contributed by atoms with Crippen molar-refractivity contribution in [2.45, 2.75) is 13.3 Å². The number of amides is 2. The lowest BCUT2D eigenvalue weighted by atomic mass is 10.1. The largest absolute Gasteiger partial charge is 0.490 e. The number of para-hydroxylation sites is 1. The van der Waals surface area contributed by atoms with E-state index in [0.29, 0.717) is 41.5 Å². The monoisotopic (exact) mass is 545 g/mol. The van der Waals surface area contributed by atoms with Crippen molar-refractivity contribution in [3.63, 3.8) is 0 Å². The topological polar surface area (TPSA) is 103 Å². The zero-order valence-corrected chi connectivity index (χ0v) is 22.4. The predicted octanol–water partition coefficient (Wildman–Crippen LogP) is 5.33. The van der Waals surface area contributed by atoms with Gasteiger partial charge in [-0.05, 0) is 66.7 Å². The molecule has 38 heavy (non-hydrogen) atoms. The normalized spacial score (nSPS) is 10.4. The molecule has 9 heteroatoms. The lowest BCUT2D eigenvalue weighted by molar-refractivity contribution is 0.0975. The molecule has 4 N–H and O–H groups in total. The third-order valence-corrected chi connectivity index (χ3v) is 7.05. The van der Waals surface area contributed by atoms with E-state index >= 15 is 0 Å². The summed E-state index contributed by atoms with van der Waals surface area (Å²) in [6, 6.07) is 26.1. The van der Waals surface area contributed by atoms with E-state index in [0.717, 1.165) is 21.8 Å². The van der Waals surface area contributed by atoms with Gasteiger partial charge in [-0.3, -0.25) is 14.9 Å². The minimum atomic E-state index is -0.556. The molecule has 1 heterocycles. The molecule has 0 fully saturated rings. The number of ether oxygens (including phenoxy) is 2. The van der Waals surface area contributed by atoms with Crippen molar-refractivity contribution < 1.29 is 19.1 Å². The van der Waals surface area contributed by atoms with Gasteiger partial charge in [0.05, 0.1) is 5.56 Å². The minimum Gasteiger partial charge on any atom is -0.490 e. The Morgan fingerprint density at radius 3 is 2.05 bits per heavy atom. The number of nitrogens with one attached hydrogen (secondary N) is 2. The van der Waals surface area contributed by atoms with Gasteiger partial charge in [-0.2, -0.15) is 0 Å². The van der Waals surface area contributed by atoms with Crippen LogP contribution >= 0.6 is 23.6 Å². The van der Waals surface area contributed by atoms with Crippen LogP contribution in [0.4, 0.5) is 5.00 Å². The van der Waals surface area contributed by atoms with E-state index in [9.17, 15) is 9.59 Å². The van der Waals surface area contributed by atoms with Crippen LogP contribution in [0.25, 0.3) is 0 Å². The second-order valence-electron chi connectivity index (χ2n) is 8.32. The number of rotatable bonds is 10. The zero-order valence-electron chi connectivity index (χ0n) is 20.7. The molecular formula is C29H27N3O4S2. The molecule has 194 valence electrons. The highest BCUT2D eigenvalue weighted by Gasteiger charge is 2.21. The van der Waals surface area contributed by atoms with Crippen molar-refractivity contribution in [1.29, 1.82) is 0 Å². The van der Waals surface area contributed by atoms with Gasteiger partial charge in [-0.25, -0.2) is 0 Å². The van der Waals surface area contributed by atoms with E-state index in [-0.39, 0.29) is 11.0 Å². The smallest absolute Gasteiger partial charge is 0.257 e. The van der Waals surface area contributed by atoms with Crippen LogP contribution in [0.3, 0.4) is 0 Å². The molecule has 4 aromatic rings. The van der Waals surface area contributed by atoms with Crippen molar-refractivity contribution in [2.24, 2.45) is 5.73 Å². The van der Waals surface area contributed by atoms with Crippen LogP contribution in [0.2, 0.25) is 0 Å². The first kappa shape index (κ1) is 26.8. The summed E-state index contributed by atoms with van der Waals surface area (Å²) in [6.45, 7) is 2.62. The fraction of sp³-hybridized carbons (Fsp3) is 0.138. The summed E-state index contributed by atoms with van der Waals surface area (Å²) in [5, 5.41) is 6.21. The fourth-order valence-corrected chi connectivity index (χ4v) is 5.25. The number of hydrogen-bond donors (Lipinski definition) is 3. The van der Waals surface area contributed by atoms with E-state index in [1.54, 1.807) is 24.3 Å². The number of hydrogen-bond acceptors (Lipinski definition) is 6. The molecule has 0 aliphatic heterocycles. The summed E-state index contributed by atoms with van der Waals surface area (Å²) in [6.07, 6.45) is 0.658. The van der Waals surface area contributed by atoms with Gasteiger partial charge in [-0.1, -0.05) is 48.5 Å². The summed E-state index contributed by atoms with van der Waals surface area (Å²) < 4.78 is 11.3. The second-order valence-corrected chi connectivity index (χ2v) is 9.84. The maximum absolute atomic E-state index is 12.7. The number of thiophene rings is 1. The average molecular weight is 546 g/mol. The molecule has 0 saturated heterocycles. The Balaban J connectivity index is 1.32. The maximum Gasteiger partial charge on any atom is 0.257 e. The van der Waals surface area contributed by atoms with E-state index in [4.69, 9.17) is 27.4 Å². The van der Waals surface area contributed by atoms with Crippen molar-refractivity contribution in [2.75, 3.05) is 18.5 Å². The highest BCUT2D eigenvalue weighted by molar-refractivity contribution is 7.80. The van der Waals surface area contributed by atoms with E-state index < -0.39 is 5.91 Å². The van der Waals surface area contributed by atoms with Gasteiger partial charge < -0.3 is 20.5 Å². The van der Waals surface area contributed by atoms with Gasteiger partial charge in [0.2, 0.25) is 0 Å². The number of nitrogens with two attached hydrogens (primary N) is 1. The molecule has 7 nitrogen and oxygen atoms in total. The van der Waals surface area contributed by atoms with Crippen molar-refractivity contribution in [1.82, 2.24) is 5.32 Å². The molecule has 0 radical (unpaired) electrons. The summed E-state index contributed by atoms with van der Waals surface area (Å²) in [7, 11) is 0. The lowest BCUT2D eigenvalue weighted by Gasteiger charge is -2.11. The number of primary amides is 1. The summed E-state index contributed by atoms with van der Waals surface area (Å²) in [5.74, 6) is 0.449. The Morgan fingerprint density at radius 1 is 0.868 bits per heavy atom. The quantitative estimate of drug-likeness (QED) is 0.184. The Labute approximate surface area is 230 Å². The Hall–Kier alpha value is -4.21. The highest BCUT2D eigenvalue weighted by atomic mass is 32.1. The molecule has 0 aliphatic rings. The van der Waals surface area contributed by atoms with Gasteiger partial charge in [0.15, 0.2) is 5.11 Å². The van der Waals surface area contributed by atoms with E-state index in [1.165, 1.54) is 11.3 Å². The molecule has 0 unspecified atom stereocenters. The Morgan fingerprint density at radius 2 is 1.45 bits per heavy atom. The molecule has 1 aromatic heterocycles. The first-order valence-electron chi connectivity index (χ1n) is 11.9. The molecule has 2 amide bonds. The number of thiocarbonyl (C=S) groups is 1. The van der Waals surface area contributed by atoms with Gasteiger partial charge in [0.25, 0.3) is 11.8 Å². The van der Waals surface area contributed by atoms with Crippen molar-refractivity contribution in [3.8, 4) is 11.5 Å². The molecule has 0 bridgehead atoms. The third-order valence-electron chi connectivity index (χ3n) is 5.63. The average Bonchev–Trinajstić information content (AvgIpc) is 3.22.